The van der Waals surface area contributed by atoms with E-state index in [0.29, 0.717) is 0 Å². The van der Waals surface area contributed by atoms with Gasteiger partial charge in [-0.2, -0.15) is 10.0 Å². The smallest absolute Gasteiger partial charge is 0.113 e. The molecule has 0 amide bonds. The average molecular weight is 192 g/mol. The maximum Gasteiger partial charge on any atom is 0.113 e. The van der Waals surface area contributed by atoms with Gasteiger partial charge in [-0.1, -0.05) is 12.1 Å². The Morgan fingerprint density at radius 3 is 3.00 bits per heavy atom. The van der Waals surface area contributed by atoms with Gasteiger partial charge in [0, 0.05) is 12.4 Å². The molecule has 0 saturated heterocycles. The Hall–Kier alpha value is -1.68. The van der Waals surface area contributed by atoms with Crippen LogP contribution in [0.2, 0.25) is 0 Å². The van der Waals surface area contributed by atoms with Crippen LogP contribution in [0, 0.1) is 0 Å². The molecule has 0 radical (unpaired) electrons. The highest BCUT2D eigenvalue weighted by Gasteiger charge is 1.98. The second-order valence-electron chi connectivity index (χ2n) is 2.87. The van der Waals surface area contributed by atoms with E-state index in [9.17, 15) is 4.53 Å². The molecule has 2 rings (SSSR count). The first-order valence-corrected chi connectivity index (χ1v) is 4.22. The number of aromatic nitrogens is 2. The third-order valence-corrected chi connectivity index (χ3v) is 1.90. The Labute approximate surface area is 80.6 Å². The third-order valence-electron chi connectivity index (χ3n) is 1.90. The van der Waals surface area contributed by atoms with Crippen molar-refractivity contribution < 1.29 is 9.47 Å². The molecule has 3 nitrogen and oxygen atoms in total. The van der Waals surface area contributed by atoms with Crippen molar-refractivity contribution in [2.24, 2.45) is 0 Å². The lowest BCUT2D eigenvalue weighted by atomic mass is 10.2. The number of halogens is 1. The Bertz CT molecular complexity index is 400. The van der Waals surface area contributed by atoms with Gasteiger partial charge >= 0.3 is 0 Å². The summed E-state index contributed by atoms with van der Waals surface area (Å²) in [5, 5.41) is 4.07. The van der Waals surface area contributed by atoms with Gasteiger partial charge in [0.1, 0.15) is 6.61 Å². The molecule has 0 saturated carbocycles. The van der Waals surface area contributed by atoms with E-state index in [2.05, 4.69) is 10.0 Å². The van der Waals surface area contributed by atoms with Crippen molar-refractivity contribution in [3.63, 3.8) is 0 Å². The lowest BCUT2D eigenvalue weighted by molar-refractivity contribution is -0.144. The summed E-state index contributed by atoms with van der Waals surface area (Å²) in [6, 6.07) is 9.19. The van der Waals surface area contributed by atoms with Gasteiger partial charge in [-0.15, -0.1) is 0 Å². The second kappa shape index (κ2) is 4.02. The number of hydrogen-bond donors (Lipinski definition) is 0. The molecule has 72 valence electrons. The lowest BCUT2D eigenvalue weighted by Gasteiger charge is -2.02. The Morgan fingerprint density at radius 1 is 1.36 bits per heavy atom. The second-order valence-corrected chi connectivity index (χ2v) is 2.87. The van der Waals surface area contributed by atoms with Crippen LogP contribution >= 0.6 is 0 Å². The molecule has 0 aliphatic carbocycles. The van der Waals surface area contributed by atoms with Gasteiger partial charge in [-0.25, -0.2) is 4.68 Å². The van der Waals surface area contributed by atoms with Gasteiger partial charge in [-0.05, 0) is 28.3 Å². The Morgan fingerprint density at radius 2 is 2.29 bits per heavy atom. The molecule has 0 bridgehead atoms. The van der Waals surface area contributed by atoms with Crippen LogP contribution in [0.4, 0.5) is 4.53 Å². The average Bonchev–Trinajstić information content (AvgIpc) is 2.71. The SMILES string of the molecule is FOCc1cccc(-n2cccn2)c1. The first-order chi connectivity index (χ1) is 6.90. The van der Waals surface area contributed by atoms with Crippen LogP contribution < -0.4 is 0 Å². The molecule has 1 aromatic carbocycles. The summed E-state index contributed by atoms with van der Waals surface area (Å²) in [6.07, 6.45) is 3.52. The molecular formula is C10H9FN2O. The van der Waals surface area contributed by atoms with Crippen molar-refractivity contribution in [3.8, 4) is 5.69 Å². The summed E-state index contributed by atoms with van der Waals surface area (Å²) in [7, 11) is 0. The summed E-state index contributed by atoms with van der Waals surface area (Å²) in [5.74, 6) is 0. The first-order valence-electron chi connectivity index (χ1n) is 4.22. The molecule has 0 spiro atoms. The van der Waals surface area contributed by atoms with E-state index < -0.39 is 0 Å². The zero-order valence-electron chi connectivity index (χ0n) is 7.43. The van der Waals surface area contributed by atoms with Crippen LogP contribution in [0.25, 0.3) is 5.69 Å². The standard InChI is InChI=1S/C10H9FN2O/c11-14-8-9-3-1-4-10(7-9)13-6-2-5-12-13/h1-7H,8H2. The minimum absolute atomic E-state index is 0.0326. The molecule has 0 atom stereocenters. The van der Waals surface area contributed by atoms with Crippen LogP contribution in [0.15, 0.2) is 42.7 Å². The third kappa shape index (κ3) is 1.80. The number of nitrogens with zero attached hydrogens (tertiary/aromatic N) is 2. The predicted octanol–water partition coefficient (Wildman–Crippen LogP) is 2.27. The highest BCUT2D eigenvalue weighted by Crippen LogP contribution is 2.10. The predicted molar refractivity (Wildman–Crippen MR) is 49.5 cm³/mol. The molecule has 2 aromatic rings. The number of benzene rings is 1. The lowest BCUT2D eigenvalue weighted by Crippen LogP contribution is -1.95. The van der Waals surface area contributed by atoms with Crippen LogP contribution in [0.5, 0.6) is 0 Å². The molecule has 1 aromatic heterocycles. The van der Waals surface area contributed by atoms with Crippen molar-refractivity contribution in [2.75, 3.05) is 0 Å². The maximum absolute atomic E-state index is 11.6. The van der Waals surface area contributed by atoms with E-state index in [1.165, 1.54) is 0 Å². The van der Waals surface area contributed by atoms with Crippen LogP contribution in [-0.2, 0) is 11.5 Å². The van der Waals surface area contributed by atoms with Crippen molar-refractivity contribution in [1.29, 1.82) is 0 Å². The molecule has 1 heterocycles. The summed E-state index contributed by atoms with van der Waals surface area (Å²) in [4.78, 5) is 3.57. The minimum Gasteiger partial charge on any atom is -0.241 e. The van der Waals surface area contributed by atoms with Crippen LogP contribution in [0.1, 0.15) is 5.56 Å². The molecular weight excluding hydrogens is 183 g/mol. The quantitative estimate of drug-likeness (QED) is 0.745. The topological polar surface area (TPSA) is 27.1 Å². The highest BCUT2D eigenvalue weighted by atomic mass is 19.3. The summed E-state index contributed by atoms with van der Waals surface area (Å²) >= 11 is 0. The number of rotatable bonds is 3. The molecule has 0 aliphatic rings. The zero-order valence-corrected chi connectivity index (χ0v) is 7.43. The Kier molecular flexibility index (Phi) is 2.55. The van der Waals surface area contributed by atoms with Crippen LogP contribution in [-0.4, -0.2) is 9.78 Å². The molecule has 0 N–H and O–H groups in total. The summed E-state index contributed by atoms with van der Waals surface area (Å²) < 4.78 is 13.3. The van der Waals surface area contributed by atoms with E-state index >= 15 is 0 Å². The fourth-order valence-corrected chi connectivity index (χ4v) is 1.27. The normalized spacial score (nSPS) is 10.4. The van der Waals surface area contributed by atoms with Gasteiger partial charge in [0.15, 0.2) is 0 Å². The zero-order chi connectivity index (χ0) is 9.80. The van der Waals surface area contributed by atoms with E-state index in [4.69, 9.17) is 0 Å². The van der Waals surface area contributed by atoms with Crippen molar-refractivity contribution in [2.45, 2.75) is 6.61 Å². The van der Waals surface area contributed by atoms with Crippen LogP contribution in [0.3, 0.4) is 0 Å². The molecule has 0 fully saturated rings. The van der Waals surface area contributed by atoms with E-state index in [1.807, 2.05) is 30.5 Å². The maximum atomic E-state index is 11.6. The van der Waals surface area contributed by atoms with E-state index in [0.717, 1.165) is 11.3 Å². The minimum atomic E-state index is -0.0326. The number of hydrogen-bond acceptors (Lipinski definition) is 2. The molecule has 0 unspecified atom stereocenters. The van der Waals surface area contributed by atoms with Gasteiger partial charge in [0.05, 0.1) is 5.69 Å². The summed E-state index contributed by atoms with van der Waals surface area (Å²) in [5.41, 5.74) is 1.67. The molecule has 14 heavy (non-hydrogen) atoms. The monoisotopic (exact) mass is 192 g/mol. The van der Waals surface area contributed by atoms with E-state index in [1.54, 1.807) is 16.9 Å². The highest BCUT2D eigenvalue weighted by molar-refractivity contribution is 5.34. The van der Waals surface area contributed by atoms with Gasteiger partial charge in [0.2, 0.25) is 0 Å². The van der Waals surface area contributed by atoms with Gasteiger partial charge in [0.25, 0.3) is 0 Å². The summed E-state index contributed by atoms with van der Waals surface area (Å²) in [6.45, 7) is -0.0326. The molecule has 4 heteroatoms. The first kappa shape index (κ1) is 8.90. The fourth-order valence-electron chi connectivity index (χ4n) is 1.27. The van der Waals surface area contributed by atoms with Crippen molar-refractivity contribution in [1.82, 2.24) is 9.78 Å². The van der Waals surface area contributed by atoms with E-state index in [-0.39, 0.29) is 6.61 Å². The Balaban J connectivity index is 2.31. The van der Waals surface area contributed by atoms with Gasteiger partial charge < -0.3 is 0 Å². The van der Waals surface area contributed by atoms with Gasteiger partial charge in [-0.3, -0.25) is 0 Å². The largest absolute Gasteiger partial charge is 0.241 e. The molecule has 0 aliphatic heterocycles. The van der Waals surface area contributed by atoms with Crippen molar-refractivity contribution >= 4 is 0 Å². The fraction of sp³-hybridized carbons (Fsp3) is 0.100. The van der Waals surface area contributed by atoms with Crippen molar-refractivity contribution in [3.05, 3.63) is 48.3 Å².